The van der Waals surface area contributed by atoms with Crippen molar-refractivity contribution in [1.29, 1.82) is 0 Å². The van der Waals surface area contributed by atoms with E-state index in [1.165, 1.54) is 0 Å². The number of hydrogen-bond acceptors (Lipinski definition) is 4. The first-order chi connectivity index (χ1) is 12.9. The van der Waals surface area contributed by atoms with Gasteiger partial charge in [0, 0.05) is 18.3 Å². The molecule has 0 bridgehead atoms. The lowest BCUT2D eigenvalue weighted by atomic mass is 10.1. The molecule has 1 heterocycles. The monoisotopic (exact) mass is 360 g/mol. The maximum absolute atomic E-state index is 12.6. The second-order valence-corrected chi connectivity index (χ2v) is 6.69. The van der Waals surface area contributed by atoms with Crippen LogP contribution in [0.1, 0.15) is 38.6 Å². The molecule has 3 rings (SSSR count). The molecule has 0 aliphatic carbocycles. The van der Waals surface area contributed by atoms with Crippen LogP contribution in [0.15, 0.2) is 48.5 Å². The van der Waals surface area contributed by atoms with Gasteiger partial charge < -0.3 is 10.6 Å². The van der Waals surface area contributed by atoms with Gasteiger partial charge in [0.2, 0.25) is 0 Å². The number of nitrogens with zero attached hydrogens (tertiary/aromatic N) is 2. The lowest BCUT2D eigenvalue weighted by Crippen LogP contribution is -2.24. The Morgan fingerprint density at radius 3 is 2.26 bits per heavy atom. The van der Waals surface area contributed by atoms with E-state index in [0.717, 1.165) is 27.9 Å². The molecule has 0 saturated carbocycles. The molecule has 138 valence electrons. The average Bonchev–Trinajstić information content (AvgIpc) is 2.63. The van der Waals surface area contributed by atoms with Crippen molar-refractivity contribution in [2.75, 3.05) is 5.32 Å². The van der Waals surface area contributed by atoms with Gasteiger partial charge in [-0.25, -0.2) is 9.97 Å². The second kappa shape index (κ2) is 7.99. The minimum Gasteiger partial charge on any atom is -0.347 e. The number of carbonyl (C=O) groups is 1. The minimum atomic E-state index is -0.215. The summed E-state index contributed by atoms with van der Waals surface area (Å²) in [4.78, 5) is 21.3. The van der Waals surface area contributed by atoms with Crippen LogP contribution in [0.5, 0.6) is 0 Å². The molecule has 2 N–H and O–H groups in total. The van der Waals surface area contributed by atoms with Crippen molar-refractivity contribution >= 4 is 17.4 Å². The Morgan fingerprint density at radius 1 is 0.889 bits per heavy atom. The third-order valence-corrected chi connectivity index (χ3v) is 4.51. The van der Waals surface area contributed by atoms with Crippen LogP contribution in [0, 0.1) is 27.7 Å². The molecular weight excluding hydrogens is 336 g/mol. The average molecular weight is 360 g/mol. The molecule has 2 aromatic carbocycles. The molecule has 1 amide bonds. The minimum absolute atomic E-state index is 0.215. The van der Waals surface area contributed by atoms with Gasteiger partial charge >= 0.3 is 0 Å². The zero-order valence-electron chi connectivity index (χ0n) is 16.1. The van der Waals surface area contributed by atoms with Crippen molar-refractivity contribution in [1.82, 2.24) is 15.3 Å². The Labute approximate surface area is 159 Å². The maximum Gasteiger partial charge on any atom is 0.270 e. The Balaban J connectivity index is 1.78. The van der Waals surface area contributed by atoms with E-state index >= 15 is 0 Å². The first-order valence-electron chi connectivity index (χ1n) is 8.95. The number of carbonyl (C=O) groups excluding carboxylic acids is 1. The molecule has 1 aromatic heterocycles. The standard InChI is InChI=1S/C22H24N4O/c1-14-8-5-6-11-18(14)13-23-22(27)19-12-20(25-17(4)24-19)26-21-15(2)9-7-10-16(21)3/h5-12H,13H2,1-4H3,(H,23,27)(H,24,25,26). The van der Waals surface area contributed by atoms with Gasteiger partial charge in [-0.2, -0.15) is 0 Å². The second-order valence-electron chi connectivity index (χ2n) is 6.69. The van der Waals surface area contributed by atoms with E-state index in [9.17, 15) is 4.79 Å². The molecular formula is C22H24N4O. The fourth-order valence-electron chi connectivity index (χ4n) is 2.96. The van der Waals surface area contributed by atoms with E-state index in [1.807, 2.05) is 63.2 Å². The van der Waals surface area contributed by atoms with E-state index in [2.05, 4.69) is 20.6 Å². The van der Waals surface area contributed by atoms with Crippen molar-refractivity contribution in [3.05, 3.63) is 82.3 Å². The lowest BCUT2D eigenvalue weighted by Gasteiger charge is -2.13. The van der Waals surface area contributed by atoms with Gasteiger partial charge in [-0.15, -0.1) is 0 Å². The lowest BCUT2D eigenvalue weighted by molar-refractivity contribution is 0.0945. The van der Waals surface area contributed by atoms with Crippen LogP contribution in [0.4, 0.5) is 11.5 Å². The molecule has 0 saturated heterocycles. The predicted molar refractivity (Wildman–Crippen MR) is 108 cm³/mol. The van der Waals surface area contributed by atoms with Gasteiger partial charge in [-0.1, -0.05) is 42.5 Å². The molecule has 5 heteroatoms. The summed E-state index contributed by atoms with van der Waals surface area (Å²) in [5, 5.41) is 6.27. The maximum atomic E-state index is 12.6. The van der Waals surface area contributed by atoms with Crippen molar-refractivity contribution in [2.24, 2.45) is 0 Å². The molecule has 0 fully saturated rings. The third-order valence-electron chi connectivity index (χ3n) is 4.51. The molecule has 0 unspecified atom stereocenters. The summed E-state index contributed by atoms with van der Waals surface area (Å²) in [7, 11) is 0. The number of aromatic nitrogens is 2. The van der Waals surface area contributed by atoms with Gasteiger partial charge in [0.15, 0.2) is 0 Å². The molecule has 0 aliphatic rings. The summed E-state index contributed by atoms with van der Waals surface area (Å²) in [5.41, 5.74) is 5.83. The van der Waals surface area contributed by atoms with E-state index < -0.39 is 0 Å². The van der Waals surface area contributed by atoms with Crippen LogP contribution in [0.3, 0.4) is 0 Å². The number of hydrogen-bond donors (Lipinski definition) is 2. The predicted octanol–water partition coefficient (Wildman–Crippen LogP) is 4.38. The van der Waals surface area contributed by atoms with Crippen molar-refractivity contribution in [3.63, 3.8) is 0 Å². The number of rotatable bonds is 5. The van der Waals surface area contributed by atoms with Crippen LogP contribution < -0.4 is 10.6 Å². The van der Waals surface area contributed by atoms with Crippen LogP contribution in [0.25, 0.3) is 0 Å². The number of aryl methyl sites for hydroxylation is 4. The topological polar surface area (TPSA) is 66.9 Å². The summed E-state index contributed by atoms with van der Waals surface area (Å²) in [6.45, 7) is 8.36. The Bertz CT molecular complexity index is 962. The van der Waals surface area contributed by atoms with Crippen LogP contribution >= 0.6 is 0 Å². The largest absolute Gasteiger partial charge is 0.347 e. The quantitative estimate of drug-likeness (QED) is 0.708. The van der Waals surface area contributed by atoms with E-state index in [4.69, 9.17) is 0 Å². The van der Waals surface area contributed by atoms with E-state index in [1.54, 1.807) is 13.0 Å². The molecule has 0 aliphatic heterocycles. The van der Waals surface area contributed by atoms with E-state index in [-0.39, 0.29) is 5.91 Å². The summed E-state index contributed by atoms with van der Waals surface area (Å²) in [6.07, 6.45) is 0. The molecule has 5 nitrogen and oxygen atoms in total. The fraction of sp³-hybridized carbons (Fsp3) is 0.227. The fourth-order valence-corrected chi connectivity index (χ4v) is 2.96. The van der Waals surface area contributed by atoms with Crippen molar-refractivity contribution in [3.8, 4) is 0 Å². The Hall–Kier alpha value is -3.21. The summed E-state index contributed by atoms with van der Waals surface area (Å²) in [6, 6.07) is 15.8. The van der Waals surface area contributed by atoms with Gasteiger partial charge in [-0.3, -0.25) is 4.79 Å². The molecule has 27 heavy (non-hydrogen) atoms. The normalized spacial score (nSPS) is 10.5. The molecule has 0 atom stereocenters. The summed E-state index contributed by atoms with van der Waals surface area (Å²) in [5.74, 6) is 0.946. The van der Waals surface area contributed by atoms with Crippen LogP contribution in [-0.4, -0.2) is 15.9 Å². The first-order valence-corrected chi connectivity index (χ1v) is 8.95. The summed E-state index contributed by atoms with van der Waals surface area (Å²) >= 11 is 0. The molecule has 3 aromatic rings. The SMILES string of the molecule is Cc1nc(Nc2c(C)cccc2C)cc(C(=O)NCc2ccccc2C)n1. The molecule has 0 spiro atoms. The van der Waals surface area contributed by atoms with Crippen molar-refractivity contribution in [2.45, 2.75) is 34.2 Å². The zero-order chi connectivity index (χ0) is 19.4. The van der Waals surface area contributed by atoms with Crippen LogP contribution in [-0.2, 0) is 6.54 Å². The number of amides is 1. The number of nitrogens with one attached hydrogen (secondary N) is 2. The number of para-hydroxylation sites is 1. The Morgan fingerprint density at radius 2 is 1.56 bits per heavy atom. The zero-order valence-corrected chi connectivity index (χ0v) is 16.1. The van der Waals surface area contributed by atoms with Gasteiger partial charge in [-0.05, 0) is 49.9 Å². The van der Waals surface area contributed by atoms with Crippen LogP contribution in [0.2, 0.25) is 0 Å². The summed E-state index contributed by atoms with van der Waals surface area (Å²) < 4.78 is 0. The third kappa shape index (κ3) is 4.50. The Kier molecular flexibility index (Phi) is 5.50. The smallest absolute Gasteiger partial charge is 0.270 e. The van der Waals surface area contributed by atoms with E-state index in [0.29, 0.717) is 23.9 Å². The number of anilines is 2. The number of benzene rings is 2. The van der Waals surface area contributed by atoms with Gasteiger partial charge in [0.05, 0.1) is 0 Å². The van der Waals surface area contributed by atoms with Gasteiger partial charge in [0.1, 0.15) is 17.3 Å². The molecule has 0 radical (unpaired) electrons. The highest BCUT2D eigenvalue weighted by Crippen LogP contribution is 2.23. The highest BCUT2D eigenvalue weighted by Gasteiger charge is 2.12. The van der Waals surface area contributed by atoms with Gasteiger partial charge in [0.25, 0.3) is 5.91 Å². The highest BCUT2D eigenvalue weighted by atomic mass is 16.1. The van der Waals surface area contributed by atoms with Crippen molar-refractivity contribution < 1.29 is 4.79 Å². The first kappa shape index (κ1) is 18.6. The highest BCUT2D eigenvalue weighted by molar-refractivity contribution is 5.93.